The number of sulfonamides is 1. The minimum absolute atomic E-state index is 0.0261. The number of benzene rings is 1. The highest BCUT2D eigenvalue weighted by molar-refractivity contribution is 7.91. The zero-order chi connectivity index (χ0) is 21.6. The van der Waals surface area contributed by atoms with Gasteiger partial charge in [-0.1, -0.05) is 44.2 Å². The van der Waals surface area contributed by atoms with Crippen molar-refractivity contribution in [3.8, 4) is 0 Å². The maximum atomic E-state index is 12.9. The predicted molar refractivity (Wildman–Crippen MR) is 113 cm³/mol. The number of ether oxygens (including phenoxy) is 1. The predicted octanol–water partition coefficient (Wildman–Crippen LogP) is 3.24. The van der Waals surface area contributed by atoms with Crippen molar-refractivity contribution in [1.82, 2.24) is 10.0 Å². The van der Waals surface area contributed by atoms with Crippen molar-refractivity contribution in [1.29, 1.82) is 0 Å². The van der Waals surface area contributed by atoms with Crippen molar-refractivity contribution in [3.63, 3.8) is 0 Å². The summed E-state index contributed by atoms with van der Waals surface area (Å²) in [6, 6.07) is 9.00. The average Bonchev–Trinajstić information content (AvgIpc) is 3.08. The van der Waals surface area contributed by atoms with Gasteiger partial charge in [-0.2, -0.15) is 0 Å². The standard InChI is InChI=1S/C20H26N2O5S2/c1-5-15(6-2)22-18(23)17-13(3)16(19(24)27-4)20(28-17)29(25,26)21-12-14-10-8-7-9-11-14/h7-11,15,21H,5-6,12H2,1-4H3,(H,22,23). The van der Waals surface area contributed by atoms with E-state index in [0.717, 1.165) is 29.7 Å². The second kappa shape index (κ2) is 10.00. The van der Waals surface area contributed by atoms with E-state index in [1.165, 1.54) is 7.11 Å². The molecule has 2 aromatic rings. The van der Waals surface area contributed by atoms with E-state index in [4.69, 9.17) is 4.74 Å². The number of thiophene rings is 1. The van der Waals surface area contributed by atoms with Gasteiger partial charge in [0.1, 0.15) is 0 Å². The minimum atomic E-state index is -4.03. The van der Waals surface area contributed by atoms with Gasteiger partial charge < -0.3 is 10.1 Å². The van der Waals surface area contributed by atoms with Crippen molar-refractivity contribution < 1.29 is 22.7 Å². The summed E-state index contributed by atoms with van der Waals surface area (Å²) in [5, 5.41) is 2.88. The number of carbonyl (C=O) groups excluding carboxylic acids is 2. The molecular weight excluding hydrogens is 412 g/mol. The van der Waals surface area contributed by atoms with E-state index < -0.39 is 21.9 Å². The fourth-order valence-electron chi connectivity index (χ4n) is 2.81. The van der Waals surface area contributed by atoms with Crippen LogP contribution < -0.4 is 10.0 Å². The van der Waals surface area contributed by atoms with E-state index >= 15 is 0 Å². The van der Waals surface area contributed by atoms with Gasteiger partial charge in [0.2, 0.25) is 0 Å². The van der Waals surface area contributed by atoms with Crippen LogP contribution in [-0.4, -0.2) is 33.4 Å². The van der Waals surface area contributed by atoms with Gasteiger partial charge in [-0.3, -0.25) is 4.79 Å². The third-order valence-electron chi connectivity index (χ3n) is 4.58. The van der Waals surface area contributed by atoms with Crippen LogP contribution >= 0.6 is 11.3 Å². The van der Waals surface area contributed by atoms with Gasteiger partial charge in [-0.15, -0.1) is 11.3 Å². The van der Waals surface area contributed by atoms with Crippen molar-refractivity contribution in [2.75, 3.05) is 7.11 Å². The summed E-state index contributed by atoms with van der Waals surface area (Å²) in [4.78, 5) is 25.2. The second-order valence-electron chi connectivity index (χ2n) is 6.51. The Morgan fingerprint density at radius 2 is 1.76 bits per heavy atom. The molecular formula is C20H26N2O5S2. The molecule has 1 amide bonds. The van der Waals surface area contributed by atoms with Crippen LogP contribution in [0.1, 0.15) is 57.8 Å². The molecule has 1 aromatic heterocycles. The van der Waals surface area contributed by atoms with Crippen LogP contribution in [0.2, 0.25) is 0 Å². The van der Waals surface area contributed by atoms with Crippen LogP contribution in [0, 0.1) is 6.92 Å². The number of esters is 1. The summed E-state index contributed by atoms with van der Waals surface area (Å²) >= 11 is 0.780. The molecule has 2 rings (SSSR count). The fourth-order valence-corrected chi connectivity index (χ4v) is 5.60. The molecule has 0 aliphatic heterocycles. The van der Waals surface area contributed by atoms with Gasteiger partial charge in [-0.25, -0.2) is 17.9 Å². The van der Waals surface area contributed by atoms with Crippen molar-refractivity contribution in [2.24, 2.45) is 0 Å². The molecule has 0 atom stereocenters. The molecule has 0 spiro atoms. The molecule has 9 heteroatoms. The summed E-state index contributed by atoms with van der Waals surface area (Å²) in [6.45, 7) is 5.54. The molecule has 7 nitrogen and oxygen atoms in total. The molecule has 0 unspecified atom stereocenters. The minimum Gasteiger partial charge on any atom is -0.465 e. The second-order valence-corrected chi connectivity index (χ2v) is 9.49. The summed E-state index contributed by atoms with van der Waals surface area (Å²) in [5.74, 6) is -1.18. The van der Waals surface area contributed by atoms with Crippen LogP contribution in [0.15, 0.2) is 34.5 Å². The first-order valence-electron chi connectivity index (χ1n) is 9.31. The average molecular weight is 439 g/mol. The zero-order valence-electron chi connectivity index (χ0n) is 16.9. The van der Waals surface area contributed by atoms with Crippen molar-refractivity contribution in [3.05, 3.63) is 51.9 Å². The van der Waals surface area contributed by atoms with E-state index in [-0.39, 0.29) is 27.2 Å². The maximum absolute atomic E-state index is 12.9. The van der Waals surface area contributed by atoms with Crippen LogP contribution in [0.25, 0.3) is 0 Å². The lowest BCUT2D eigenvalue weighted by atomic mass is 10.1. The Hall–Kier alpha value is -2.23. The van der Waals surface area contributed by atoms with Gasteiger partial charge in [0.15, 0.2) is 4.21 Å². The van der Waals surface area contributed by atoms with Gasteiger partial charge in [0, 0.05) is 12.6 Å². The summed E-state index contributed by atoms with van der Waals surface area (Å²) < 4.78 is 32.9. The number of hydrogen-bond acceptors (Lipinski definition) is 6. The van der Waals surface area contributed by atoms with Crippen LogP contribution in [0.4, 0.5) is 0 Å². The molecule has 29 heavy (non-hydrogen) atoms. The van der Waals surface area contributed by atoms with Gasteiger partial charge in [-0.05, 0) is 30.9 Å². The van der Waals surface area contributed by atoms with E-state index in [2.05, 4.69) is 10.0 Å². The van der Waals surface area contributed by atoms with E-state index in [0.29, 0.717) is 5.56 Å². The van der Waals surface area contributed by atoms with E-state index in [1.54, 1.807) is 31.2 Å². The Labute approximate surface area is 175 Å². The van der Waals surface area contributed by atoms with Crippen LogP contribution in [0.5, 0.6) is 0 Å². The smallest absolute Gasteiger partial charge is 0.340 e. The maximum Gasteiger partial charge on any atom is 0.340 e. The lowest BCUT2D eigenvalue weighted by molar-refractivity contribution is 0.0596. The highest BCUT2D eigenvalue weighted by Crippen LogP contribution is 2.33. The van der Waals surface area contributed by atoms with Gasteiger partial charge >= 0.3 is 5.97 Å². The summed E-state index contributed by atoms with van der Waals surface area (Å²) in [6.07, 6.45) is 1.50. The third kappa shape index (κ3) is 5.43. The SMILES string of the molecule is CCC(CC)NC(=O)c1sc(S(=O)(=O)NCc2ccccc2)c(C(=O)OC)c1C. The number of amides is 1. The Morgan fingerprint density at radius 3 is 2.31 bits per heavy atom. The summed E-state index contributed by atoms with van der Waals surface area (Å²) in [7, 11) is -2.85. The highest BCUT2D eigenvalue weighted by Gasteiger charge is 2.32. The van der Waals surface area contributed by atoms with Crippen LogP contribution in [0.3, 0.4) is 0 Å². The molecule has 2 N–H and O–H groups in total. The largest absolute Gasteiger partial charge is 0.465 e. The molecule has 0 aliphatic rings. The Kier molecular flexibility index (Phi) is 7.95. The molecule has 0 bridgehead atoms. The lowest BCUT2D eigenvalue weighted by Crippen LogP contribution is -2.33. The molecule has 0 saturated heterocycles. The quantitative estimate of drug-likeness (QED) is 0.585. The Morgan fingerprint density at radius 1 is 1.14 bits per heavy atom. The van der Waals surface area contributed by atoms with Gasteiger partial charge in [0.25, 0.3) is 15.9 Å². The number of nitrogens with one attached hydrogen (secondary N) is 2. The first kappa shape index (κ1) is 23.1. The Balaban J connectivity index is 2.41. The van der Waals surface area contributed by atoms with E-state index in [1.807, 2.05) is 19.9 Å². The first-order valence-corrected chi connectivity index (χ1v) is 11.6. The molecule has 158 valence electrons. The van der Waals surface area contributed by atoms with Crippen molar-refractivity contribution in [2.45, 2.75) is 50.4 Å². The highest BCUT2D eigenvalue weighted by atomic mass is 32.2. The normalized spacial score (nSPS) is 11.5. The molecule has 0 fully saturated rings. The summed E-state index contributed by atoms with van der Waals surface area (Å²) in [5.41, 5.74) is 0.967. The molecule has 0 aliphatic carbocycles. The number of methoxy groups -OCH3 is 1. The van der Waals surface area contributed by atoms with Crippen LogP contribution in [-0.2, 0) is 21.3 Å². The molecule has 1 aromatic carbocycles. The number of hydrogen-bond donors (Lipinski definition) is 2. The molecule has 1 heterocycles. The monoisotopic (exact) mass is 438 g/mol. The first-order chi connectivity index (χ1) is 13.7. The van der Waals surface area contributed by atoms with E-state index in [9.17, 15) is 18.0 Å². The number of carbonyl (C=O) groups is 2. The number of rotatable bonds is 9. The molecule has 0 radical (unpaired) electrons. The Bertz CT molecular complexity index is 964. The fraction of sp³-hybridized carbons (Fsp3) is 0.400. The zero-order valence-corrected chi connectivity index (χ0v) is 18.6. The molecule has 0 saturated carbocycles. The lowest BCUT2D eigenvalue weighted by Gasteiger charge is -2.14. The van der Waals surface area contributed by atoms with Gasteiger partial charge in [0.05, 0.1) is 17.6 Å². The third-order valence-corrected chi connectivity index (χ3v) is 7.79. The topological polar surface area (TPSA) is 102 Å². The van der Waals surface area contributed by atoms with Crippen molar-refractivity contribution >= 4 is 33.2 Å².